The molecule has 0 amide bonds. The Morgan fingerprint density at radius 3 is 1.38 bits per heavy atom. The molecular formula is C13H27BO2. The fourth-order valence-corrected chi connectivity index (χ4v) is 0.625. The van der Waals surface area contributed by atoms with Crippen LogP contribution in [0.15, 0.2) is 30.3 Å². The lowest BCUT2D eigenvalue weighted by Crippen LogP contribution is -2.29. The van der Waals surface area contributed by atoms with Crippen molar-refractivity contribution in [2.75, 3.05) is 0 Å². The van der Waals surface area contributed by atoms with Crippen molar-refractivity contribution in [1.29, 1.82) is 0 Å². The van der Waals surface area contributed by atoms with Gasteiger partial charge in [0.25, 0.3) is 0 Å². The van der Waals surface area contributed by atoms with E-state index in [2.05, 4.69) is 13.8 Å². The van der Waals surface area contributed by atoms with E-state index in [0.717, 1.165) is 0 Å². The van der Waals surface area contributed by atoms with Gasteiger partial charge in [-0.2, -0.15) is 0 Å². The maximum Gasteiger partial charge on any atom is 0.488 e. The maximum atomic E-state index is 8.58. The van der Waals surface area contributed by atoms with Gasteiger partial charge in [0.2, 0.25) is 0 Å². The van der Waals surface area contributed by atoms with E-state index in [1.807, 2.05) is 33.8 Å². The zero-order valence-electron chi connectivity index (χ0n) is 11.6. The van der Waals surface area contributed by atoms with Crippen LogP contribution in [0.3, 0.4) is 0 Å². The molecule has 0 aliphatic heterocycles. The lowest BCUT2D eigenvalue weighted by molar-refractivity contribution is 0.426. The Balaban J connectivity index is -0.000000206. The lowest BCUT2D eigenvalue weighted by atomic mass is 9.81. The zero-order valence-corrected chi connectivity index (χ0v) is 11.6. The number of rotatable bonds is 1. The van der Waals surface area contributed by atoms with Crippen molar-refractivity contribution in [2.45, 2.75) is 48.0 Å². The molecule has 0 unspecified atom stereocenters. The van der Waals surface area contributed by atoms with Crippen LogP contribution in [0.25, 0.3) is 0 Å². The van der Waals surface area contributed by atoms with Gasteiger partial charge in [-0.3, -0.25) is 0 Å². The van der Waals surface area contributed by atoms with Crippen LogP contribution in [-0.4, -0.2) is 17.2 Å². The Hall–Kier alpha value is -0.795. The van der Waals surface area contributed by atoms with Crippen molar-refractivity contribution >= 4 is 12.6 Å². The predicted molar refractivity (Wildman–Crippen MR) is 74.9 cm³/mol. The molecule has 0 heterocycles. The first-order chi connectivity index (χ1) is 7.72. The molecule has 0 aromatic heterocycles. The SMILES string of the molecule is CC.CC.CCC.OB(O)c1ccccc1. The van der Waals surface area contributed by atoms with E-state index in [-0.39, 0.29) is 0 Å². The summed E-state index contributed by atoms with van der Waals surface area (Å²) in [6.07, 6.45) is 1.25. The first kappa shape index (κ1) is 20.6. The average molecular weight is 226 g/mol. The van der Waals surface area contributed by atoms with Crippen LogP contribution in [0.4, 0.5) is 0 Å². The van der Waals surface area contributed by atoms with Gasteiger partial charge in [-0.15, -0.1) is 0 Å². The van der Waals surface area contributed by atoms with Crippen molar-refractivity contribution in [3.63, 3.8) is 0 Å². The molecule has 1 rings (SSSR count). The van der Waals surface area contributed by atoms with E-state index in [0.29, 0.717) is 5.46 Å². The van der Waals surface area contributed by atoms with Crippen molar-refractivity contribution in [3.05, 3.63) is 30.3 Å². The van der Waals surface area contributed by atoms with E-state index < -0.39 is 7.12 Å². The highest BCUT2D eigenvalue weighted by Crippen LogP contribution is 1.82. The third-order valence-electron chi connectivity index (χ3n) is 1.10. The standard InChI is InChI=1S/C6H7BO2.C3H8.2C2H6/c8-7(9)6-4-2-1-3-5-6;1-3-2;2*1-2/h1-5,8-9H;3H2,1-2H3;2*1-2H3. The van der Waals surface area contributed by atoms with Gasteiger partial charge < -0.3 is 10.0 Å². The minimum atomic E-state index is -1.34. The lowest BCUT2D eigenvalue weighted by Gasteiger charge is -1.94. The number of hydrogen-bond acceptors (Lipinski definition) is 2. The molecule has 16 heavy (non-hydrogen) atoms. The molecule has 3 heteroatoms. The summed E-state index contributed by atoms with van der Waals surface area (Å²) in [6.45, 7) is 12.2. The van der Waals surface area contributed by atoms with E-state index in [1.165, 1.54) is 6.42 Å². The number of benzene rings is 1. The second-order valence-electron chi connectivity index (χ2n) is 2.49. The molecule has 0 bridgehead atoms. The van der Waals surface area contributed by atoms with Crippen LogP contribution < -0.4 is 5.46 Å². The van der Waals surface area contributed by atoms with Crippen LogP contribution in [-0.2, 0) is 0 Å². The minimum Gasteiger partial charge on any atom is -0.423 e. The molecule has 0 saturated carbocycles. The molecule has 0 fully saturated rings. The molecule has 2 N–H and O–H groups in total. The molecule has 0 saturated heterocycles. The van der Waals surface area contributed by atoms with Crippen LogP contribution in [0.5, 0.6) is 0 Å². The Labute approximate surface area is 101 Å². The fourth-order valence-electron chi connectivity index (χ4n) is 0.625. The molecule has 1 aromatic rings. The summed E-state index contributed by atoms with van der Waals surface area (Å²) in [5, 5.41) is 17.2. The van der Waals surface area contributed by atoms with Gasteiger partial charge in [0, 0.05) is 0 Å². The predicted octanol–water partition coefficient (Wildman–Crippen LogP) is 2.84. The Kier molecular flexibility index (Phi) is 25.4. The summed E-state index contributed by atoms with van der Waals surface area (Å²) >= 11 is 0. The second kappa shape index (κ2) is 19.7. The van der Waals surface area contributed by atoms with Gasteiger partial charge >= 0.3 is 7.12 Å². The fraction of sp³-hybridized carbons (Fsp3) is 0.538. The summed E-state index contributed by atoms with van der Waals surface area (Å²) < 4.78 is 0. The Bertz CT molecular complexity index is 188. The minimum absolute atomic E-state index is 0.525. The van der Waals surface area contributed by atoms with E-state index in [1.54, 1.807) is 24.3 Å². The van der Waals surface area contributed by atoms with E-state index >= 15 is 0 Å². The van der Waals surface area contributed by atoms with Gasteiger partial charge in [0.15, 0.2) is 0 Å². The van der Waals surface area contributed by atoms with Crippen molar-refractivity contribution in [3.8, 4) is 0 Å². The zero-order chi connectivity index (χ0) is 13.4. The summed E-state index contributed by atoms with van der Waals surface area (Å²) in [7, 11) is -1.34. The van der Waals surface area contributed by atoms with Crippen molar-refractivity contribution < 1.29 is 10.0 Å². The molecule has 94 valence electrons. The van der Waals surface area contributed by atoms with E-state index in [9.17, 15) is 0 Å². The van der Waals surface area contributed by atoms with Crippen LogP contribution in [0.1, 0.15) is 48.0 Å². The molecule has 0 aliphatic rings. The van der Waals surface area contributed by atoms with Crippen LogP contribution in [0, 0.1) is 0 Å². The van der Waals surface area contributed by atoms with Gasteiger partial charge in [0.05, 0.1) is 0 Å². The summed E-state index contributed by atoms with van der Waals surface area (Å²) in [6, 6.07) is 8.66. The Morgan fingerprint density at radius 1 is 0.875 bits per heavy atom. The van der Waals surface area contributed by atoms with Crippen molar-refractivity contribution in [1.82, 2.24) is 0 Å². The highest BCUT2D eigenvalue weighted by Gasteiger charge is 2.07. The summed E-state index contributed by atoms with van der Waals surface area (Å²) in [5.74, 6) is 0. The van der Waals surface area contributed by atoms with Gasteiger partial charge in [-0.25, -0.2) is 0 Å². The third kappa shape index (κ3) is 15.7. The molecule has 0 aliphatic carbocycles. The van der Waals surface area contributed by atoms with Gasteiger partial charge in [0.1, 0.15) is 0 Å². The maximum absolute atomic E-state index is 8.58. The smallest absolute Gasteiger partial charge is 0.423 e. The molecular weight excluding hydrogens is 199 g/mol. The van der Waals surface area contributed by atoms with Crippen molar-refractivity contribution in [2.24, 2.45) is 0 Å². The van der Waals surface area contributed by atoms with Gasteiger partial charge in [-0.1, -0.05) is 78.3 Å². The monoisotopic (exact) mass is 226 g/mol. The highest BCUT2D eigenvalue weighted by molar-refractivity contribution is 6.58. The molecule has 0 radical (unpaired) electrons. The number of hydrogen-bond donors (Lipinski definition) is 2. The molecule has 2 nitrogen and oxygen atoms in total. The summed E-state index contributed by atoms with van der Waals surface area (Å²) in [4.78, 5) is 0. The normalized spacial score (nSPS) is 7.00. The molecule has 0 atom stereocenters. The Morgan fingerprint density at radius 2 is 1.19 bits per heavy atom. The van der Waals surface area contributed by atoms with Crippen LogP contribution >= 0.6 is 0 Å². The second-order valence-corrected chi connectivity index (χ2v) is 2.49. The third-order valence-corrected chi connectivity index (χ3v) is 1.10. The molecule has 1 aromatic carbocycles. The summed E-state index contributed by atoms with van der Waals surface area (Å²) in [5.41, 5.74) is 0.525. The highest BCUT2D eigenvalue weighted by atomic mass is 16.4. The quantitative estimate of drug-likeness (QED) is 0.723. The van der Waals surface area contributed by atoms with Gasteiger partial charge in [-0.05, 0) is 5.46 Å². The first-order valence-corrected chi connectivity index (χ1v) is 6.13. The topological polar surface area (TPSA) is 40.5 Å². The average Bonchev–Trinajstić information content (AvgIpc) is 2.36. The molecule has 0 spiro atoms. The van der Waals surface area contributed by atoms with Crippen LogP contribution in [0.2, 0.25) is 0 Å². The largest absolute Gasteiger partial charge is 0.488 e. The van der Waals surface area contributed by atoms with E-state index in [4.69, 9.17) is 10.0 Å². The first-order valence-electron chi connectivity index (χ1n) is 6.13.